The van der Waals surface area contributed by atoms with Crippen LogP contribution in [0.5, 0.6) is 5.75 Å². The molecule has 0 unspecified atom stereocenters. The lowest BCUT2D eigenvalue weighted by molar-refractivity contribution is 0.322. The molecule has 1 N–H and O–H groups in total. The van der Waals surface area contributed by atoms with Crippen molar-refractivity contribution in [2.75, 3.05) is 14.2 Å². The van der Waals surface area contributed by atoms with Gasteiger partial charge < -0.3 is 9.94 Å². The molecule has 0 atom stereocenters. The van der Waals surface area contributed by atoms with Gasteiger partial charge in [0.15, 0.2) is 0 Å². The van der Waals surface area contributed by atoms with E-state index in [1.165, 1.54) is 6.21 Å². The Balaban J connectivity index is 3.12. The summed E-state index contributed by atoms with van der Waals surface area (Å²) in [5.41, 5.74) is 2.54. The van der Waals surface area contributed by atoms with E-state index in [1.54, 1.807) is 14.2 Å². The fraction of sp³-hybridized carbons (Fsp3) is 0.286. The highest BCUT2D eigenvalue weighted by atomic mass is 16.5. The van der Waals surface area contributed by atoms with Crippen molar-refractivity contribution in [3.05, 3.63) is 41.5 Å². The first-order chi connectivity index (χ1) is 8.76. The molecule has 0 aromatic heterocycles. The van der Waals surface area contributed by atoms with Crippen molar-refractivity contribution in [2.24, 2.45) is 10.1 Å². The quantitative estimate of drug-likeness (QED) is 0.493. The van der Waals surface area contributed by atoms with E-state index in [4.69, 9.17) is 9.94 Å². The highest BCUT2D eigenvalue weighted by Crippen LogP contribution is 2.15. The van der Waals surface area contributed by atoms with Gasteiger partial charge in [-0.25, -0.2) is 0 Å². The van der Waals surface area contributed by atoms with Crippen LogP contribution in [0, 0.1) is 0 Å². The maximum Gasteiger partial charge on any atom is 0.118 e. The average molecular weight is 246 g/mol. The number of hydrogen-bond acceptors (Lipinski definition) is 4. The molecule has 1 rings (SSSR count). The molecule has 0 bridgehead atoms. The zero-order valence-electron chi connectivity index (χ0n) is 10.9. The first-order valence-electron chi connectivity index (χ1n) is 5.76. The summed E-state index contributed by atoms with van der Waals surface area (Å²) in [4.78, 5) is 4.26. The van der Waals surface area contributed by atoms with Gasteiger partial charge >= 0.3 is 0 Å². The number of nitrogens with zero attached hydrogens (tertiary/aromatic N) is 2. The van der Waals surface area contributed by atoms with Crippen molar-refractivity contribution in [3.63, 3.8) is 0 Å². The molecule has 0 fully saturated rings. The zero-order chi connectivity index (χ0) is 13.4. The lowest BCUT2D eigenvalue weighted by Gasteiger charge is -2.07. The van der Waals surface area contributed by atoms with Gasteiger partial charge in [0.2, 0.25) is 0 Å². The number of ether oxygens (including phenoxy) is 1. The van der Waals surface area contributed by atoms with E-state index in [-0.39, 0.29) is 0 Å². The third kappa shape index (κ3) is 3.45. The Morgan fingerprint density at radius 3 is 2.44 bits per heavy atom. The Morgan fingerprint density at radius 2 is 2.00 bits per heavy atom. The molecule has 0 aliphatic rings. The van der Waals surface area contributed by atoms with Crippen molar-refractivity contribution in [1.29, 1.82) is 0 Å². The smallest absolute Gasteiger partial charge is 0.118 e. The summed E-state index contributed by atoms with van der Waals surface area (Å²) in [7, 11) is 3.35. The number of allylic oxidation sites excluding steroid dienone is 2. The molecule has 4 nitrogen and oxygen atoms in total. The second-order valence-electron chi connectivity index (χ2n) is 3.61. The number of hydrogen-bond donors (Lipinski definition) is 1. The molecular weight excluding hydrogens is 228 g/mol. The highest BCUT2D eigenvalue weighted by Gasteiger charge is 2.07. The molecule has 96 valence electrons. The summed E-state index contributed by atoms with van der Waals surface area (Å²) < 4.78 is 5.12. The van der Waals surface area contributed by atoms with Crippen LogP contribution < -0.4 is 4.74 Å². The average Bonchev–Trinajstić information content (AvgIpc) is 2.41. The van der Waals surface area contributed by atoms with Gasteiger partial charge in [0, 0.05) is 18.2 Å². The molecule has 0 amide bonds. The summed E-state index contributed by atoms with van der Waals surface area (Å²) in [6.45, 7) is 2.02. The predicted octanol–water partition coefficient (Wildman–Crippen LogP) is 2.91. The van der Waals surface area contributed by atoms with Gasteiger partial charge in [0.05, 0.1) is 19.0 Å². The van der Waals surface area contributed by atoms with Gasteiger partial charge in [0.1, 0.15) is 5.75 Å². The van der Waals surface area contributed by atoms with Crippen LogP contribution in [-0.4, -0.2) is 31.3 Å². The predicted molar refractivity (Wildman–Crippen MR) is 74.1 cm³/mol. The van der Waals surface area contributed by atoms with E-state index >= 15 is 0 Å². The Labute approximate surface area is 107 Å². The van der Waals surface area contributed by atoms with Crippen LogP contribution in [0.4, 0.5) is 0 Å². The van der Waals surface area contributed by atoms with Crippen molar-refractivity contribution < 1.29 is 9.94 Å². The molecule has 0 heterocycles. The van der Waals surface area contributed by atoms with Crippen LogP contribution >= 0.6 is 0 Å². The number of aliphatic imine (C=N–C) groups is 1. The molecule has 1 aromatic carbocycles. The third-order valence-corrected chi connectivity index (χ3v) is 2.48. The van der Waals surface area contributed by atoms with Crippen molar-refractivity contribution in [2.45, 2.75) is 13.3 Å². The molecule has 0 aliphatic carbocycles. The van der Waals surface area contributed by atoms with Crippen LogP contribution in [0.3, 0.4) is 0 Å². The Bertz CT molecular complexity index is 459. The van der Waals surface area contributed by atoms with Gasteiger partial charge in [0.25, 0.3) is 0 Å². The van der Waals surface area contributed by atoms with Gasteiger partial charge in [-0.3, -0.25) is 4.99 Å². The van der Waals surface area contributed by atoms with E-state index < -0.39 is 0 Å². The van der Waals surface area contributed by atoms with E-state index in [9.17, 15) is 0 Å². The number of methoxy groups -OCH3 is 1. The van der Waals surface area contributed by atoms with Gasteiger partial charge in [-0.2, -0.15) is 0 Å². The van der Waals surface area contributed by atoms with Gasteiger partial charge in [-0.15, -0.1) is 0 Å². The Kier molecular flexibility index (Phi) is 5.64. The summed E-state index contributed by atoms with van der Waals surface area (Å²) >= 11 is 0. The molecule has 0 saturated heterocycles. The minimum atomic E-state index is 0.789. The van der Waals surface area contributed by atoms with Crippen molar-refractivity contribution >= 4 is 11.9 Å². The van der Waals surface area contributed by atoms with Crippen molar-refractivity contribution in [3.8, 4) is 5.75 Å². The standard InChI is InChI=1S/C14H18N2O2/c1-4-5-12(10-16-17)14(15-2)11-6-8-13(18-3)9-7-11/h5-10,17H,4H2,1-3H3/b12-5-,15-14?,16-10+. The number of oxime groups is 1. The second-order valence-corrected chi connectivity index (χ2v) is 3.61. The van der Waals surface area contributed by atoms with Crippen LogP contribution in [-0.2, 0) is 0 Å². The fourth-order valence-electron chi connectivity index (χ4n) is 1.67. The zero-order valence-corrected chi connectivity index (χ0v) is 10.9. The van der Waals surface area contributed by atoms with E-state index in [2.05, 4.69) is 10.1 Å². The largest absolute Gasteiger partial charge is 0.497 e. The van der Waals surface area contributed by atoms with Crippen LogP contribution in [0.1, 0.15) is 18.9 Å². The number of benzene rings is 1. The first-order valence-corrected chi connectivity index (χ1v) is 5.76. The summed E-state index contributed by atoms with van der Waals surface area (Å²) in [6, 6.07) is 7.60. The van der Waals surface area contributed by atoms with Crippen LogP contribution in [0.15, 0.2) is 46.1 Å². The normalized spacial score (nSPS) is 13.1. The topological polar surface area (TPSA) is 54.2 Å². The van der Waals surface area contributed by atoms with Gasteiger partial charge in [-0.05, 0) is 30.7 Å². The SMILES string of the molecule is CC/C=C(/C=N/O)C(=NC)c1ccc(OC)cc1. The minimum Gasteiger partial charge on any atom is -0.497 e. The molecule has 0 radical (unpaired) electrons. The summed E-state index contributed by atoms with van der Waals surface area (Å²) in [6.07, 6.45) is 4.21. The lowest BCUT2D eigenvalue weighted by Crippen LogP contribution is -2.06. The first kappa shape index (κ1) is 14.0. The molecule has 1 aromatic rings. The van der Waals surface area contributed by atoms with Crippen LogP contribution in [0.2, 0.25) is 0 Å². The minimum absolute atomic E-state index is 0.789. The monoisotopic (exact) mass is 246 g/mol. The molecule has 18 heavy (non-hydrogen) atoms. The van der Waals surface area contributed by atoms with Gasteiger partial charge in [-0.1, -0.05) is 18.2 Å². The molecular formula is C14H18N2O2. The van der Waals surface area contributed by atoms with E-state index in [0.717, 1.165) is 29.0 Å². The summed E-state index contributed by atoms with van der Waals surface area (Å²) in [5, 5.41) is 11.8. The Morgan fingerprint density at radius 1 is 1.33 bits per heavy atom. The number of rotatable bonds is 5. The Hall–Kier alpha value is -2.10. The lowest BCUT2D eigenvalue weighted by atomic mass is 10.0. The fourth-order valence-corrected chi connectivity index (χ4v) is 1.67. The molecule has 0 spiro atoms. The molecule has 0 saturated carbocycles. The van der Waals surface area contributed by atoms with E-state index in [0.29, 0.717) is 0 Å². The maximum atomic E-state index is 8.69. The summed E-state index contributed by atoms with van der Waals surface area (Å²) in [5.74, 6) is 0.797. The third-order valence-electron chi connectivity index (χ3n) is 2.48. The van der Waals surface area contributed by atoms with Crippen LogP contribution in [0.25, 0.3) is 0 Å². The molecule has 4 heteroatoms. The second kappa shape index (κ2) is 7.27. The highest BCUT2D eigenvalue weighted by molar-refractivity contribution is 6.23. The van der Waals surface area contributed by atoms with E-state index in [1.807, 2.05) is 37.3 Å². The van der Waals surface area contributed by atoms with Crippen molar-refractivity contribution in [1.82, 2.24) is 0 Å². The maximum absolute atomic E-state index is 8.69. The molecule has 0 aliphatic heterocycles.